The predicted molar refractivity (Wildman–Crippen MR) is 182 cm³/mol. The van der Waals surface area contributed by atoms with Gasteiger partial charge < -0.3 is 29.7 Å². The molecule has 0 unspecified atom stereocenters. The fraction of sp³-hybridized carbons (Fsp3) is 0.257. The Balaban J connectivity index is 1.34. The second kappa shape index (κ2) is 12.5. The predicted octanol–water partition coefficient (Wildman–Crippen LogP) is 3.72. The summed E-state index contributed by atoms with van der Waals surface area (Å²) in [5.41, 5.74) is 3.39. The Bertz CT molecular complexity index is 2060. The van der Waals surface area contributed by atoms with Crippen molar-refractivity contribution in [3.8, 4) is 16.8 Å². The van der Waals surface area contributed by atoms with E-state index in [2.05, 4.69) is 10.2 Å². The zero-order valence-corrected chi connectivity index (χ0v) is 26.4. The number of hydrogen-bond donors (Lipinski definition) is 2. The molecule has 0 spiro atoms. The highest BCUT2D eigenvalue weighted by Gasteiger charge is 2.20. The number of aryl methyl sites for hydroxylation is 1. The molecule has 0 saturated carbocycles. The van der Waals surface area contributed by atoms with Gasteiger partial charge >= 0.3 is 0 Å². The van der Waals surface area contributed by atoms with Gasteiger partial charge in [-0.15, -0.1) is 0 Å². The third-order valence-corrected chi connectivity index (χ3v) is 8.51. The number of carbonyl (C=O) groups is 1. The number of anilines is 4. The number of amides is 1. The van der Waals surface area contributed by atoms with Crippen LogP contribution in [-0.2, 0) is 18.4 Å². The Kier molecular flexibility index (Phi) is 8.33. The number of rotatable bonds is 7. The van der Waals surface area contributed by atoms with Crippen LogP contribution in [0.3, 0.4) is 0 Å². The minimum Gasteiger partial charge on any atom is -0.392 e. The van der Waals surface area contributed by atoms with Crippen LogP contribution in [0.4, 0.5) is 23.0 Å². The maximum absolute atomic E-state index is 13.7. The topological polar surface area (TPSA) is 116 Å². The first-order valence-corrected chi connectivity index (χ1v) is 15.2. The third-order valence-electron chi connectivity index (χ3n) is 8.51. The van der Waals surface area contributed by atoms with Crippen molar-refractivity contribution in [3.63, 3.8) is 0 Å². The number of carbonyl (C=O) groups excluding carboxylic acids is 1. The molecule has 46 heavy (non-hydrogen) atoms. The average Bonchev–Trinajstić information content (AvgIpc) is 3.06. The van der Waals surface area contributed by atoms with Crippen molar-refractivity contribution < 1.29 is 9.90 Å². The van der Waals surface area contributed by atoms with Crippen molar-refractivity contribution >= 4 is 39.7 Å². The Hall–Kier alpha value is -5.42. The lowest BCUT2D eigenvalue weighted by atomic mass is 9.99. The van der Waals surface area contributed by atoms with E-state index >= 15 is 0 Å². The van der Waals surface area contributed by atoms with E-state index in [1.165, 1.54) is 4.57 Å². The second-order valence-corrected chi connectivity index (χ2v) is 11.7. The maximum atomic E-state index is 13.7. The first-order chi connectivity index (χ1) is 22.1. The van der Waals surface area contributed by atoms with Gasteiger partial charge in [0.2, 0.25) is 5.91 Å². The standard InChI is InChI=1S/C35H37N7O4/c1-23(44)40-15-17-41(18-16-40)33-10-6-9-32(37-33)36-30-20-25(21-39(4)35(30)46)27-7-5-8-31(29(27)22-43)42-14-13-24-19-26(38(2)3)11-12-28(24)34(42)45/h5-14,19-21,43H,15-18,22H2,1-4H3,(H,36,37). The summed E-state index contributed by atoms with van der Waals surface area (Å²) >= 11 is 0. The Labute approximate surface area is 266 Å². The molecule has 6 rings (SSSR count). The monoisotopic (exact) mass is 619 g/mol. The number of piperazine rings is 1. The molecule has 3 aromatic heterocycles. The third kappa shape index (κ3) is 5.84. The van der Waals surface area contributed by atoms with Gasteiger partial charge in [0.05, 0.1) is 12.3 Å². The van der Waals surface area contributed by atoms with Crippen LogP contribution in [-0.4, -0.2) is 70.3 Å². The van der Waals surface area contributed by atoms with Gasteiger partial charge in [0, 0.05) is 88.8 Å². The summed E-state index contributed by atoms with van der Waals surface area (Å²) in [4.78, 5) is 49.3. The molecule has 1 aliphatic rings. The number of aromatic nitrogens is 3. The van der Waals surface area contributed by atoms with E-state index in [9.17, 15) is 19.5 Å². The minimum absolute atomic E-state index is 0.0664. The van der Waals surface area contributed by atoms with E-state index in [-0.39, 0.29) is 23.6 Å². The van der Waals surface area contributed by atoms with Gasteiger partial charge in [-0.05, 0) is 59.5 Å². The Morgan fingerprint density at radius 2 is 1.72 bits per heavy atom. The molecule has 0 atom stereocenters. The van der Waals surface area contributed by atoms with Crippen molar-refractivity contribution in [1.29, 1.82) is 0 Å². The molecule has 1 fully saturated rings. The highest BCUT2D eigenvalue weighted by Crippen LogP contribution is 2.30. The highest BCUT2D eigenvalue weighted by molar-refractivity contribution is 5.85. The molecule has 236 valence electrons. The first kappa shape index (κ1) is 30.6. The van der Waals surface area contributed by atoms with Crippen LogP contribution >= 0.6 is 0 Å². The first-order valence-electron chi connectivity index (χ1n) is 15.2. The second-order valence-electron chi connectivity index (χ2n) is 11.7. The van der Waals surface area contributed by atoms with Crippen LogP contribution < -0.4 is 26.2 Å². The summed E-state index contributed by atoms with van der Waals surface area (Å²) in [6.45, 7) is 3.87. The Morgan fingerprint density at radius 1 is 0.957 bits per heavy atom. The molecule has 2 N–H and O–H groups in total. The van der Waals surface area contributed by atoms with Crippen LogP contribution in [0.15, 0.2) is 88.7 Å². The minimum atomic E-state index is -0.318. The molecule has 11 heteroatoms. The van der Waals surface area contributed by atoms with Crippen molar-refractivity contribution in [3.05, 3.63) is 105 Å². The van der Waals surface area contributed by atoms with Gasteiger partial charge in [-0.1, -0.05) is 18.2 Å². The largest absolute Gasteiger partial charge is 0.392 e. The summed E-state index contributed by atoms with van der Waals surface area (Å²) in [5.74, 6) is 1.34. The van der Waals surface area contributed by atoms with Crippen molar-refractivity contribution in [2.45, 2.75) is 13.5 Å². The fourth-order valence-corrected chi connectivity index (χ4v) is 5.95. The van der Waals surface area contributed by atoms with Crippen molar-refractivity contribution in [1.82, 2.24) is 19.0 Å². The highest BCUT2D eigenvalue weighted by atomic mass is 16.3. The molecular weight excluding hydrogens is 582 g/mol. The van der Waals surface area contributed by atoms with E-state index in [0.29, 0.717) is 65.4 Å². The number of benzene rings is 2. The normalized spacial score (nSPS) is 13.2. The zero-order chi connectivity index (χ0) is 32.5. The summed E-state index contributed by atoms with van der Waals surface area (Å²) in [6, 6.07) is 20.5. The fourth-order valence-electron chi connectivity index (χ4n) is 5.95. The molecule has 0 bridgehead atoms. The number of fused-ring (bicyclic) bond motifs is 1. The SMILES string of the molecule is CC(=O)N1CCN(c2cccc(Nc3cc(-c4cccc(-n5ccc6cc(N(C)C)ccc6c5=O)c4CO)cn(C)c3=O)n2)CC1. The van der Waals surface area contributed by atoms with E-state index in [4.69, 9.17) is 4.98 Å². The Morgan fingerprint density at radius 3 is 2.43 bits per heavy atom. The lowest BCUT2D eigenvalue weighted by Crippen LogP contribution is -2.48. The number of aliphatic hydroxyl groups excluding tert-OH is 1. The van der Waals surface area contributed by atoms with E-state index in [1.807, 2.05) is 78.5 Å². The number of pyridine rings is 3. The summed E-state index contributed by atoms with van der Waals surface area (Å²) in [6.07, 6.45) is 3.45. The van der Waals surface area contributed by atoms with Crippen LogP contribution in [0.5, 0.6) is 0 Å². The molecule has 0 radical (unpaired) electrons. The van der Waals surface area contributed by atoms with Gasteiger partial charge in [0.1, 0.15) is 17.3 Å². The number of aliphatic hydroxyl groups is 1. The van der Waals surface area contributed by atoms with Crippen LogP contribution in [0.2, 0.25) is 0 Å². The van der Waals surface area contributed by atoms with Crippen LogP contribution in [0, 0.1) is 0 Å². The maximum Gasteiger partial charge on any atom is 0.274 e. The van der Waals surface area contributed by atoms with Crippen LogP contribution in [0.25, 0.3) is 27.6 Å². The molecule has 11 nitrogen and oxygen atoms in total. The quantitative estimate of drug-likeness (QED) is 0.283. The lowest BCUT2D eigenvalue weighted by molar-refractivity contribution is -0.129. The molecule has 2 aromatic carbocycles. The van der Waals surface area contributed by atoms with E-state index < -0.39 is 0 Å². The number of nitrogens with one attached hydrogen (secondary N) is 1. The van der Waals surface area contributed by atoms with Gasteiger partial charge in [0.15, 0.2) is 0 Å². The smallest absolute Gasteiger partial charge is 0.274 e. The molecular formula is C35H37N7O4. The van der Waals surface area contributed by atoms with Crippen molar-refractivity contribution in [2.75, 3.05) is 55.4 Å². The molecule has 1 aliphatic heterocycles. The van der Waals surface area contributed by atoms with E-state index in [0.717, 1.165) is 16.9 Å². The van der Waals surface area contributed by atoms with Crippen LogP contribution in [0.1, 0.15) is 12.5 Å². The summed E-state index contributed by atoms with van der Waals surface area (Å²) < 4.78 is 3.04. The molecule has 4 heterocycles. The van der Waals surface area contributed by atoms with Crippen molar-refractivity contribution in [2.24, 2.45) is 7.05 Å². The summed E-state index contributed by atoms with van der Waals surface area (Å²) in [5, 5.41) is 15.2. The lowest BCUT2D eigenvalue weighted by Gasteiger charge is -2.35. The summed E-state index contributed by atoms with van der Waals surface area (Å²) in [7, 11) is 5.58. The molecule has 1 amide bonds. The number of hydrogen-bond acceptors (Lipinski definition) is 8. The van der Waals surface area contributed by atoms with E-state index in [1.54, 1.807) is 43.1 Å². The molecule has 5 aromatic rings. The van der Waals surface area contributed by atoms with Gasteiger partial charge in [0.25, 0.3) is 11.1 Å². The molecule has 1 saturated heterocycles. The van der Waals surface area contributed by atoms with Gasteiger partial charge in [-0.3, -0.25) is 19.0 Å². The van der Waals surface area contributed by atoms with Gasteiger partial charge in [-0.25, -0.2) is 4.98 Å². The van der Waals surface area contributed by atoms with Gasteiger partial charge in [-0.2, -0.15) is 0 Å². The number of nitrogens with zero attached hydrogens (tertiary/aromatic N) is 6. The zero-order valence-electron chi connectivity index (χ0n) is 26.4. The molecule has 0 aliphatic carbocycles. The average molecular weight is 620 g/mol.